The maximum atomic E-state index is 5.86. The molecular formula is C21H17BrN2OS2. The van der Waals surface area contributed by atoms with Crippen LogP contribution < -0.4 is 4.74 Å². The standard InChI is InChI=1S/C21H17BrN2OS2/c1-14-3-2-4-17(11-14)25-9-10-26-20-19-18(12-27-21(19)24-13-23-20)15-5-7-16(22)8-6-15/h2-8,11-13H,9-10H2,1H3. The van der Waals surface area contributed by atoms with Crippen LogP contribution in [0.4, 0.5) is 0 Å². The van der Waals surface area contributed by atoms with Gasteiger partial charge >= 0.3 is 0 Å². The largest absolute Gasteiger partial charge is 0.493 e. The van der Waals surface area contributed by atoms with Gasteiger partial charge < -0.3 is 4.74 Å². The van der Waals surface area contributed by atoms with Gasteiger partial charge in [0.25, 0.3) is 0 Å². The van der Waals surface area contributed by atoms with E-state index in [1.807, 2.05) is 12.1 Å². The number of aryl methyl sites for hydroxylation is 1. The second-order valence-electron chi connectivity index (χ2n) is 6.03. The highest BCUT2D eigenvalue weighted by Crippen LogP contribution is 2.38. The van der Waals surface area contributed by atoms with E-state index in [1.54, 1.807) is 29.4 Å². The zero-order chi connectivity index (χ0) is 18.6. The van der Waals surface area contributed by atoms with Gasteiger partial charge in [0.1, 0.15) is 21.9 Å². The molecule has 0 fully saturated rings. The van der Waals surface area contributed by atoms with Gasteiger partial charge in [0, 0.05) is 21.2 Å². The van der Waals surface area contributed by atoms with E-state index in [9.17, 15) is 0 Å². The highest BCUT2D eigenvalue weighted by Gasteiger charge is 2.13. The third-order valence-corrected chi connectivity index (χ3v) is 6.44. The van der Waals surface area contributed by atoms with E-state index >= 15 is 0 Å². The molecule has 0 saturated carbocycles. The van der Waals surface area contributed by atoms with Crippen LogP contribution in [0.1, 0.15) is 5.56 Å². The van der Waals surface area contributed by atoms with E-state index in [0.29, 0.717) is 6.61 Å². The lowest BCUT2D eigenvalue weighted by Crippen LogP contribution is -2.00. The van der Waals surface area contributed by atoms with E-state index < -0.39 is 0 Å². The zero-order valence-corrected chi connectivity index (χ0v) is 17.9. The molecule has 0 aliphatic heterocycles. The number of halogens is 1. The van der Waals surface area contributed by atoms with Crippen molar-refractivity contribution in [3.05, 3.63) is 70.3 Å². The van der Waals surface area contributed by atoms with Gasteiger partial charge in [-0.15, -0.1) is 23.1 Å². The third kappa shape index (κ3) is 4.34. The maximum absolute atomic E-state index is 5.86. The molecule has 0 atom stereocenters. The molecule has 2 aromatic carbocycles. The predicted octanol–water partition coefficient (Wildman–Crippen LogP) is 6.60. The number of rotatable bonds is 6. The monoisotopic (exact) mass is 456 g/mol. The SMILES string of the molecule is Cc1cccc(OCCSc2ncnc3scc(-c4ccc(Br)cc4)c23)c1. The quantitative estimate of drug-likeness (QED) is 0.186. The van der Waals surface area contributed by atoms with Crippen molar-refractivity contribution < 1.29 is 4.74 Å². The molecule has 0 bridgehead atoms. The van der Waals surface area contributed by atoms with Crippen LogP contribution >= 0.6 is 39.0 Å². The number of thioether (sulfide) groups is 1. The minimum atomic E-state index is 0.636. The second kappa shape index (κ2) is 8.42. The highest BCUT2D eigenvalue weighted by atomic mass is 79.9. The van der Waals surface area contributed by atoms with Crippen molar-refractivity contribution in [1.29, 1.82) is 0 Å². The zero-order valence-electron chi connectivity index (χ0n) is 14.7. The van der Waals surface area contributed by atoms with Crippen molar-refractivity contribution in [2.75, 3.05) is 12.4 Å². The molecule has 4 rings (SSSR count). The van der Waals surface area contributed by atoms with E-state index in [4.69, 9.17) is 4.74 Å². The summed E-state index contributed by atoms with van der Waals surface area (Å²) in [4.78, 5) is 10.00. The minimum absolute atomic E-state index is 0.636. The fraction of sp³-hybridized carbons (Fsp3) is 0.143. The van der Waals surface area contributed by atoms with Crippen LogP contribution in [0.2, 0.25) is 0 Å². The molecule has 0 saturated heterocycles. The molecule has 0 spiro atoms. The molecule has 0 radical (unpaired) electrons. The molecule has 2 heterocycles. The number of hydrogen-bond acceptors (Lipinski definition) is 5. The molecule has 0 N–H and O–H groups in total. The highest BCUT2D eigenvalue weighted by molar-refractivity contribution is 9.10. The number of nitrogens with zero attached hydrogens (tertiary/aromatic N) is 2. The number of thiophene rings is 1. The Morgan fingerprint density at radius 1 is 1.11 bits per heavy atom. The molecule has 3 nitrogen and oxygen atoms in total. The van der Waals surface area contributed by atoms with Gasteiger partial charge in [-0.3, -0.25) is 0 Å². The van der Waals surface area contributed by atoms with Crippen LogP contribution in [-0.4, -0.2) is 22.3 Å². The molecule has 0 unspecified atom stereocenters. The molecule has 6 heteroatoms. The molecule has 0 aliphatic carbocycles. The van der Waals surface area contributed by atoms with Gasteiger partial charge in [-0.05, 0) is 42.3 Å². The first-order chi connectivity index (χ1) is 13.2. The van der Waals surface area contributed by atoms with Crippen molar-refractivity contribution in [3.63, 3.8) is 0 Å². The van der Waals surface area contributed by atoms with Gasteiger partial charge in [-0.2, -0.15) is 0 Å². The normalized spacial score (nSPS) is 11.0. The Kier molecular flexibility index (Phi) is 5.76. The molecule has 0 amide bonds. The number of ether oxygens (including phenoxy) is 1. The van der Waals surface area contributed by atoms with Crippen molar-refractivity contribution in [2.24, 2.45) is 0 Å². The second-order valence-corrected chi connectivity index (χ2v) is 8.89. The van der Waals surface area contributed by atoms with Gasteiger partial charge in [-0.25, -0.2) is 9.97 Å². The summed E-state index contributed by atoms with van der Waals surface area (Å²) in [5.41, 5.74) is 3.57. The van der Waals surface area contributed by atoms with Gasteiger partial charge in [0.2, 0.25) is 0 Å². The van der Waals surface area contributed by atoms with E-state index in [-0.39, 0.29) is 0 Å². The topological polar surface area (TPSA) is 35.0 Å². The molecule has 136 valence electrons. The van der Waals surface area contributed by atoms with E-state index in [1.165, 1.54) is 16.7 Å². The first-order valence-electron chi connectivity index (χ1n) is 8.51. The maximum Gasteiger partial charge on any atom is 0.128 e. The average Bonchev–Trinajstić information content (AvgIpc) is 3.11. The van der Waals surface area contributed by atoms with Gasteiger partial charge in [-0.1, -0.05) is 40.2 Å². The first kappa shape index (κ1) is 18.5. The van der Waals surface area contributed by atoms with Crippen LogP contribution in [0.5, 0.6) is 5.75 Å². The predicted molar refractivity (Wildman–Crippen MR) is 118 cm³/mol. The number of fused-ring (bicyclic) bond motifs is 1. The van der Waals surface area contributed by atoms with Crippen LogP contribution in [0.25, 0.3) is 21.3 Å². The lowest BCUT2D eigenvalue weighted by atomic mass is 10.1. The smallest absolute Gasteiger partial charge is 0.128 e. The van der Waals surface area contributed by atoms with Crippen molar-refractivity contribution in [3.8, 4) is 16.9 Å². The summed E-state index contributed by atoms with van der Waals surface area (Å²) in [6.07, 6.45) is 1.65. The Morgan fingerprint density at radius 2 is 1.96 bits per heavy atom. The summed E-state index contributed by atoms with van der Waals surface area (Å²) in [5.74, 6) is 1.74. The third-order valence-electron chi connectivity index (χ3n) is 4.07. The first-order valence-corrected chi connectivity index (χ1v) is 11.2. The van der Waals surface area contributed by atoms with E-state index in [0.717, 1.165) is 31.2 Å². The van der Waals surface area contributed by atoms with E-state index in [2.05, 4.69) is 74.6 Å². The molecular weight excluding hydrogens is 440 g/mol. The Bertz CT molecular complexity index is 1060. The molecule has 2 aromatic heterocycles. The fourth-order valence-electron chi connectivity index (χ4n) is 2.80. The van der Waals surface area contributed by atoms with Crippen LogP contribution in [0, 0.1) is 6.92 Å². The summed E-state index contributed by atoms with van der Waals surface area (Å²) in [6.45, 7) is 2.71. The van der Waals surface area contributed by atoms with Gasteiger partial charge in [0.05, 0.1) is 12.0 Å². The van der Waals surface area contributed by atoms with Crippen LogP contribution in [-0.2, 0) is 0 Å². The van der Waals surface area contributed by atoms with Crippen LogP contribution in [0.3, 0.4) is 0 Å². The van der Waals surface area contributed by atoms with Crippen molar-refractivity contribution in [1.82, 2.24) is 9.97 Å². The summed E-state index contributed by atoms with van der Waals surface area (Å²) in [7, 11) is 0. The van der Waals surface area contributed by atoms with Crippen LogP contribution in [0.15, 0.2) is 69.7 Å². The molecule has 4 aromatic rings. The Morgan fingerprint density at radius 3 is 2.78 bits per heavy atom. The number of benzene rings is 2. The Labute approximate surface area is 175 Å². The Hall–Kier alpha value is -1.89. The minimum Gasteiger partial charge on any atom is -0.493 e. The lowest BCUT2D eigenvalue weighted by molar-refractivity contribution is 0.343. The Balaban J connectivity index is 1.51. The molecule has 0 aliphatic rings. The van der Waals surface area contributed by atoms with Crippen molar-refractivity contribution in [2.45, 2.75) is 11.9 Å². The summed E-state index contributed by atoms with van der Waals surface area (Å²) >= 11 is 6.87. The summed E-state index contributed by atoms with van der Waals surface area (Å²) in [6, 6.07) is 16.5. The van der Waals surface area contributed by atoms with Crippen molar-refractivity contribution >= 4 is 49.2 Å². The summed E-state index contributed by atoms with van der Waals surface area (Å²) < 4.78 is 6.94. The summed E-state index contributed by atoms with van der Waals surface area (Å²) in [5, 5.41) is 4.30. The molecule has 27 heavy (non-hydrogen) atoms. The fourth-order valence-corrected chi connectivity index (χ4v) is 4.88. The lowest BCUT2D eigenvalue weighted by Gasteiger charge is -2.08. The average molecular weight is 457 g/mol. The van der Waals surface area contributed by atoms with Gasteiger partial charge in [0.15, 0.2) is 0 Å². The number of hydrogen-bond donors (Lipinski definition) is 0. The number of aromatic nitrogens is 2.